The summed E-state index contributed by atoms with van der Waals surface area (Å²) >= 11 is 0. The highest BCUT2D eigenvalue weighted by Gasteiger charge is 2.26. The van der Waals surface area contributed by atoms with Crippen LogP contribution in [0.25, 0.3) is 0 Å². The van der Waals surface area contributed by atoms with E-state index in [1.54, 1.807) is 13.8 Å². The van der Waals surface area contributed by atoms with E-state index in [0.717, 1.165) is 6.07 Å². The number of hydrogen-bond acceptors (Lipinski definition) is 3. The second kappa shape index (κ2) is 6.65. The highest BCUT2D eigenvalue weighted by molar-refractivity contribution is 7.89. The number of nitrogens with one attached hydrogen (secondary N) is 1. The zero-order chi connectivity index (χ0) is 15.5. The Labute approximate surface area is 121 Å². The predicted octanol–water partition coefficient (Wildman–Crippen LogP) is 2.35. The van der Waals surface area contributed by atoms with Crippen LogP contribution in [0.3, 0.4) is 0 Å². The van der Waals surface area contributed by atoms with Gasteiger partial charge >= 0.3 is 0 Å². The Hall–Kier alpha value is -0.980. The average Bonchev–Trinajstić information content (AvgIpc) is 2.35. The van der Waals surface area contributed by atoms with Crippen molar-refractivity contribution in [3.63, 3.8) is 0 Å². The Kier molecular flexibility index (Phi) is 5.68. The Morgan fingerprint density at radius 3 is 2.35 bits per heavy atom. The topological polar surface area (TPSA) is 49.4 Å². The molecule has 1 N–H and O–H groups in total. The molecule has 0 amide bonds. The van der Waals surface area contributed by atoms with Crippen LogP contribution >= 0.6 is 0 Å². The van der Waals surface area contributed by atoms with Gasteiger partial charge in [-0.3, -0.25) is 0 Å². The van der Waals surface area contributed by atoms with Crippen molar-refractivity contribution in [1.82, 2.24) is 9.62 Å². The van der Waals surface area contributed by atoms with E-state index >= 15 is 0 Å². The van der Waals surface area contributed by atoms with Gasteiger partial charge in [0.05, 0.1) is 4.90 Å². The van der Waals surface area contributed by atoms with Crippen LogP contribution in [0, 0.1) is 5.82 Å². The largest absolute Gasteiger partial charge is 0.310 e. The minimum Gasteiger partial charge on any atom is -0.310 e. The van der Waals surface area contributed by atoms with Crippen molar-refractivity contribution >= 4 is 10.0 Å². The molecule has 0 atom stereocenters. The van der Waals surface area contributed by atoms with Crippen LogP contribution in [-0.2, 0) is 16.6 Å². The molecule has 0 aliphatic rings. The van der Waals surface area contributed by atoms with Crippen LogP contribution in [0.1, 0.15) is 33.3 Å². The van der Waals surface area contributed by atoms with Crippen molar-refractivity contribution < 1.29 is 12.8 Å². The Morgan fingerprint density at radius 2 is 1.85 bits per heavy atom. The molecule has 0 aliphatic carbocycles. The standard InChI is InChI=1S/C14H23FN2O2S/c1-10(2)16-9-12-6-7-13(15)8-14(12)20(18,19)17(5)11(3)4/h6-8,10-11,16H,9H2,1-5H3. The highest BCUT2D eigenvalue weighted by atomic mass is 32.2. The van der Waals surface area contributed by atoms with E-state index in [-0.39, 0.29) is 17.0 Å². The molecule has 6 heteroatoms. The lowest BCUT2D eigenvalue weighted by Gasteiger charge is -2.23. The van der Waals surface area contributed by atoms with E-state index in [4.69, 9.17) is 0 Å². The molecule has 4 nitrogen and oxygen atoms in total. The van der Waals surface area contributed by atoms with Crippen molar-refractivity contribution in [2.75, 3.05) is 7.05 Å². The molecule has 1 aromatic carbocycles. The molecular weight excluding hydrogens is 279 g/mol. The monoisotopic (exact) mass is 302 g/mol. The second-order valence-corrected chi connectivity index (χ2v) is 7.37. The fourth-order valence-corrected chi connectivity index (χ4v) is 3.26. The summed E-state index contributed by atoms with van der Waals surface area (Å²) in [4.78, 5) is 0.0295. The van der Waals surface area contributed by atoms with Crippen LogP contribution < -0.4 is 5.32 Å². The van der Waals surface area contributed by atoms with E-state index in [9.17, 15) is 12.8 Å². The van der Waals surface area contributed by atoms with Crippen molar-refractivity contribution in [1.29, 1.82) is 0 Å². The molecule has 0 aliphatic heterocycles. The summed E-state index contributed by atoms with van der Waals surface area (Å²) in [7, 11) is -2.18. The smallest absolute Gasteiger partial charge is 0.243 e. The van der Waals surface area contributed by atoms with E-state index in [1.807, 2.05) is 13.8 Å². The summed E-state index contributed by atoms with van der Waals surface area (Å²) in [6.07, 6.45) is 0. The first kappa shape index (κ1) is 17.1. The van der Waals surface area contributed by atoms with Gasteiger partial charge in [-0.25, -0.2) is 12.8 Å². The summed E-state index contributed by atoms with van der Waals surface area (Å²) in [6, 6.07) is 3.93. The van der Waals surface area contributed by atoms with Gasteiger partial charge in [0.2, 0.25) is 10.0 Å². The van der Waals surface area contributed by atoms with Gasteiger partial charge < -0.3 is 5.32 Å². The van der Waals surface area contributed by atoms with Gasteiger partial charge in [0.15, 0.2) is 0 Å². The molecular formula is C14H23FN2O2S. The van der Waals surface area contributed by atoms with Gasteiger partial charge in [0.25, 0.3) is 0 Å². The maximum atomic E-state index is 13.4. The van der Waals surface area contributed by atoms with Crippen LogP contribution in [0.15, 0.2) is 23.1 Å². The van der Waals surface area contributed by atoms with Crippen molar-refractivity contribution in [3.8, 4) is 0 Å². The molecule has 0 bridgehead atoms. The lowest BCUT2D eigenvalue weighted by atomic mass is 10.2. The van der Waals surface area contributed by atoms with Crippen molar-refractivity contribution in [2.24, 2.45) is 0 Å². The maximum Gasteiger partial charge on any atom is 0.243 e. The van der Waals surface area contributed by atoms with Gasteiger partial charge in [-0.1, -0.05) is 19.9 Å². The Morgan fingerprint density at radius 1 is 1.25 bits per heavy atom. The van der Waals surface area contributed by atoms with Gasteiger partial charge in [0.1, 0.15) is 5.82 Å². The zero-order valence-corrected chi connectivity index (χ0v) is 13.5. The Balaban J connectivity index is 3.24. The number of nitrogens with zero attached hydrogens (tertiary/aromatic N) is 1. The molecule has 20 heavy (non-hydrogen) atoms. The fraction of sp³-hybridized carbons (Fsp3) is 0.571. The summed E-state index contributed by atoms with van der Waals surface area (Å²) in [5.74, 6) is -0.547. The fourth-order valence-electron chi connectivity index (χ4n) is 1.66. The third kappa shape index (κ3) is 4.01. The second-order valence-electron chi connectivity index (χ2n) is 5.40. The molecule has 0 unspecified atom stereocenters. The van der Waals surface area contributed by atoms with Crippen LogP contribution in [0.4, 0.5) is 4.39 Å². The zero-order valence-electron chi connectivity index (χ0n) is 12.6. The normalized spacial score (nSPS) is 12.7. The quantitative estimate of drug-likeness (QED) is 0.877. The first-order chi connectivity index (χ1) is 9.16. The molecule has 1 aromatic rings. The SMILES string of the molecule is CC(C)NCc1ccc(F)cc1S(=O)(=O)N(C)C(C)C. The van der Waals surface area contributed by atoms with Crippen molar-refractivity contribution in [2.45, 2.75) is 51.2 Å². The molecule has 0 aromatic heterocycles. The number of halogens is 1. The number of rotatable bonds is 6. The third-order valence-electron chi connectivity index (χ3n) is 3.11. The first-order valence-electron chi connectivity index (χ1n) is 6.66. The van der Waals surface area contributed by atoms with E-state index in [2.05, 4.69) is 5.32 Å². The van der Waals surface area contributed by atoms with Crippen LogP contribution in [0.5, 0.6) is 0 Å². The molecule has 0 heterocycles. The maximum absolute atomic E-state index is 13.4. The molecule has 0 saturated carbocycles. The summed E-state index contributed by atoms with van der Waals surface area (Å²) in [5.41, 5.74) is 0.576. The molecule has 114 valence electrons. The number of benzene rings is 1. The van der Waals surface area contributed by atoms with Gasteiger partial charge in [-0.05, 0) is 31.5 Å². The number of hydrogen-bond donors (Lipinski definition) is 1. The lowest BCUT2D eigenvalue weighted by molar-refractivity contribution is 0.409. The minimum absolute atomic E-state index is 0.0295. The lowest BCUT2D eigenvalue weighted by Crippen LogP contribution is -2.34. The van der Waals surface area contributed by atoms with Crippen molar-refractivity contribution in [3.05, 3.63) is 29.6 Å². The summed E-state index contributed by atoms with van der Waals surface area (Å²) in [5, 5.41) is 3.16. The van der Waals surface area contributed by atoms with E-state index in [0.29, 0.717) is 12.1 Å². The van der Waals surface area contributed by atoms with E-state index < -0.39 is 15.8 Å². The summed E-state index contributed by atoms with van der Waals surface area (Å²) in [6.45, 7) is 7.89. The summed E-state index contributed by atoms with van der Waals surface area (Å²) < 4.78 is 39.7. The number of sulfonamides is 1. The predicted molar refractivity (Wildman–Crippen MR) is 78.5 cm³/mol. The van der Waals surface area contributed by atoms with Gasteiger partial charge in [-0.15, -0.1) is 0 Å². The first-order valence-corrected chi connectivity index (χ1v) is 8.10. The minimum atomic E-state index is -3.69. The average molecular weight is 302 g/mol. The van der Waals surface area contributed by atoms with Crippen LogP contribution in [0.2, 0.25) is 0 Å². The molecule has 0 spiro atoms. The van der Waals surface area contributed by atoms with Gasteiger partial charge in [-0.2, -0.15) is 4.31 Å². The molecule has 0 radical (unpaired) electrons. The molecule has 1 rings (SSSR count). The molecule has 0 fully saturated rings. The van der Waals surface area contributed by atoms with E-state index in [1.165, 1.54) is 23.5 Å². The Bertz CT molecular complexity index is 556. The molecule has 0 saturated heterocycles. The third-order valence-corrected chi connectivity index (χ3v) is 5.23. The van der Waals surface area contributed by atoms with Crippen LogP contribution in [-0.4, -0.2) is 31.9 Å². The van der Waals surface area contributed by atoms with Gasteiger partial charge in [0, 0.05) is 25.7 Å². The highest BCUT2D eigenvalue weighted by Crippen LogP contribution is 2.22.